The van der Waals surface area contributed by atoms with E-state index in [0.717, 1.165) is 19.3 Å². The summed E-state index contributed by atoms with van der Waals surface area (Å²) in [5, 5.41) is 11.9. The van der Waals surface area contributed by atoms with E-state index in [0.29, 0.717) is 6.54 Å². The number of nitrogens with two attached hydrogens (primary N) is 1. The number of hydrogen-bond acceptors (Lipinski definition) is 5. The molecule has 0 unspecified atom stereocenters. The third-order valence-electron chi connectivity index (χ3n) is 4.54. The van der Waals surface area contributed by atoms with Gasteiger partial charge in [0.15, 0.2) is 11.4 Å². The first kappa shape index (κ1) is 12.8. The minimum atomic E-state index is -0.696. The number of aromatic nitrogens is 1. The minimum absolute atomic E-state index is 0.00826. The van der Waals surface area contributed by atoms with Gasteiger partial charge in [0.1, 0.15) is 11.4 Å². The normalized spacial score (nSPS) is 20.0. The monoisotopic (exact) mass is 278 g/mol. The van der Waals surface area contributed by atoms with Gasteiger partial charge in [-0.1, -0.05) is 0 Å². The summed E-state index contributed by atoms with van der Waals surface area (Å²) in [6.45, 7) is 2.43. The molecule has 0 saturated heterocycles. The second kappa shape index (κ2) is 3.91. The number of aromatic hydroxyl groups is 1. The lowest BCUT2D eigenvalue weighted by atomic mass is 9.81. The van der Waals surface area contributed by atoms with Crippen LogP contribution in [-0.4, -0.2) is 39.8 Å². The summed E-state index contributed by atoms with van der Waals surface area (Å²) in [4.78, 5) is 26.1. The molecule has 108 valence electrons. The fourth-order valence-corrected chi connectivity index (χ4v) is 3.26. The van der Waals surface area contributed by atoms with E-state index >= 15 is 0 Å². The highest BCUT2D eigenvalue weighted by atomic mass is 16.3. The van der Waals surface area contributed by atoms with E-state index in [4.69, 9.17) is 5.73 Å². The van der Waals surface area contributed by atoms with E-state index < -0.39 is 11.2 Å². The lowest BCUT2D eigenvalue weighted by molar-refractivity contribution is -0.00544. The van der Waals surface area contributed by atoms with Gasteiger partial charge in [0.2, 0.25) is 5.43 Å². The summed E-state index contributed by atoms with van der Waals surface area (Å²) in [5.74, 6) is -0.894. The van der Waals surface area contributed by atoms with E-state index in [-0.39, 0.29) is 23.0 Å². The van der Waals surface area contributed by atoms with Crippen molar-refractivity contribution in [2.45, 2.75) is 31.8 Å². The van der Waals surface area contributed by atoms with Gasteiger partial charge in [-0.25, -0.2) is 0 Å². The molecule has 3 rings (SSSR count). The van der Waals surface area contributed by atoms with Crippen LogP contribution in [0.15, 0.2) is 11.0 Å². The Balaban J connectivity index is 2.28. The van der Waals surface area contributed by atoms with Crippen LogP contribution in [0.5, 0.6) is 5.75 Å². The van der Waals surface area contributed by atoms with Crippen molar-refractivity contribution < 1.29 is 9.90 Å². The van der Waals surface area contributed by atoms with E-state index in [2.05, 4.69) is 0 Å². The van der Waals surface area contributed by atoms with Crippen LogP contribution in [0, 0.1) is 0 Å². The van der Waals surface area contributed by atoms with Crippen molar-refractivity contribution >= 4 is 11.6 Å². The van der Waals surface area contributed by atoms with E-state index in [1.807, 2.05) is 19.0 Å². The fraction of sp³-hybridized carbons (Fsp3) is 0.538. The van der Waals surface area contributed by atoms with Gasteiger partial charge in [-0.15, -0.1) is 0 Å². The van der Waals surface area contributed by atoms with Crippen LogP contribution in [0.3, 0.4) is 0 Å². The van der Waals surface area contributed by atoms with Crippen LogP contribution >= 0.6 is 0 Å². The number of nitrogen functional groups attached to an aromatic ring is 1. The molecule has 0 aromatic carbocycles. The highest BCUT2D eigenvalue weighted by Crippen LogP contribution is 2.43. The number of carbonyl (C=O) groups is 1. The van der Waals surface area contributed by atoms with Crippen molar-refractivity contribution in [2.75, 3.05) is 24.3 Å². The maximum Gasteiger partial charge on any atom is 0.278 e. The molecule has 1 aromatic heterocycles. The summed E-state index contributed by atoms with van der Waals surface area (Å²) in [6, 6.07) is 0. The van der Waals surface area contributed by atoms with Crippen molar-refractivity contribution in [3.8, 4) is 5.75 Å². The third kappa shape index (κ3) is 1.29. The van der Waals surface area contributed by atoms with E-state index in [1.165, 1.54) is 10.9 Å². The molecular formula is C13H18N4O3. The Kier molecular flexibility index (Phi) is 2.51. The molecule has 7 heteroatoms. The Hall–Kier alpha value is -2.18. The predicted octanol–water partition coefficient (Wildman–Crippen LogP) is 0.0598. The Morgan fingerprint density at radius 2 is 2.05 bits per heavy atom. The maximum absolute atomic E-state index is 12.6. The molecule has 1 amide bonds. The van der Waals surface area contributed by atoms with Crippen molar-refractivity contribution in [1.82, 2.24) is 9.58 Å². The number of nitrogens with zero attached hydrogens (tertiary/aromatic N) is 3. The second-order valence-electron chi connectivity index (χ2n) is 5.36. The Morgan fingerprint density at radius 3 is 2.55 bits per heavy atom. The molecule has 0 atom stereocenters. The predicted molar refractivity (Wildman–Crippen MR) is 74.2 cm³/mol. The van der Waals surface area contributed by atoms with Crippen molar-refractivity contribution in [3.05, 3.63) is 22.1 Å². The lowest BCUT2D eigenvalue weighted by Crippen LogP contribution is -2.72. The number of carbonyl (C=O) groups excluding carboxylic acids is 1. The van der Waals surface area contributed by atoms with Crippen LogP contribution in [0.2, 0.25) is 0 Å². The second-order valence-corrected chi connectivity index (χ2v) is 5.36. The largest absolute Gasteiger partial charge is 0.502 e. The quantitative estimate of drug-likeness (QED) is 0.758. The highest BCUT2D eigenvalue weighted by Gasteiger charge is 2.52. The minimum Gasteiger partial charge on any atom is -0.502 e. The first-order valence-corrected chi connectivity index (χ1v) is 6.74. The standard InChI is InChI=1S/C13H18N4O3/c1-3-16-12(20)9-11(19)10(18)8(14)7-17(9)15(2)13(16)5-4-6-13/h7,19H,3-6,14H2,1-2H3. The molecule has 1 aliphatic carbocycles. The molecule has 0 radical (unpaired) electrons. The molecule has 1 saturated carbocycles. The zero-order valence-corrected chi connectivity index (χ0v) is 11.6. The molecule has 0 bridgehead atoms. The molecule has 2 heterocycles. The van der Waals surface area contributed by atoms with Crippen LogP contribution in [0.1, 0.15) is 36.7 Å². The van der Waals surface area contributed by atoms with E-state index in [9.17, 15) is 14.7 Å². The number of rotatable bonds is 1. The summed E-state index contributed by atoms with van der Waals surface area (Å²) in [6.07, 6.45) is 4.21. The van der Waals surface area contributed by atoms with Crippen molar-refractivity contribution in [1.29, 1.82) is 0 Å². The van der Waals surface area contributed by atoms with E-state index in [1.54, 1.807) is 4.90 Å². The number of amides is 1. The molecule has 2 aliphatic rings. The SMILES string of the molecule is CCN1C(=O)c2c(O)c(=O)c(N)cn2N(C)C12CCC2. The van der Waals surface area contributed by atoms with Gasteiger partial charge in [0.05, 0.1) is 6.20 Å². The van der Waals surface area contributed by atoms with Gasteiger partial charge in [-0.3, -0.25) is 19.3 Å². The summed E-state index contributed by atoms with van der Waals surface area (Å²) in [7, 11) is 1.85. The first-order chi connectivity index (χ1) is 9.44. The van der Waals surface area contributed by atoms with Crippen molar-refractivity contribution in [3.63, 3.8) is 0 Å². The summed E-state index contributed by atoms with van der Waals surface area (Å²) in [5.41, 5.74) is 4.49. The number of fused-ring (bicyclic) bond motifs is 1. The summed E-state index contributed by atoms with van der Waals surface area (Å²) >= 11 is 0. The molecule has 1 fully saturated rings. The maximum atomic E-state index is 12.6. The van der Waals surface area contributed by atoms with Crippen molar-refractivity contribution in [2.24, 2.45) is 0 Å². The van der Waals surface area contributed by atoms with Crippen LogP contribution in [0.4, 0.5) is 5.69 Å². The van der Waals surface area contributed by atoms with Gasteiger partial charge in [-0.2, -0.15) is 0 Å². The zero-order valence-electron chi connectivity index (χ0n) is 11.6. The van der Waals surface area contributed by atoms with Crippen LogP contribution in [-0.2, 0) is 0 Å². The molecule has 1 aromatic rings. The molecule has 1 spiro atoms. The molecule has 3 N–H and O–H groups in total. The first-order valence-electron chi connectivity index (χ1n) is 6.74. The van der Waals surface area contributed by atoms with Gasteiger partial charge in [0.25, 0.3) is 5.91 Å². The summed E-state index contributed by atoms with van der Waals surface area (Å²) < 4.78 is 1.51. The van der Waals surface area contributed by atoms with Gasteiger partial charge in [0, 0.05) is 13.6 Å². The fourth-order valence-electron chi connectivity index (χ4n) is 3.26. The number of anilines is 1. The van der Waals surface area contributed by atoms with Crippen LogP contribution < -0.4 is 16.2 Å². The third-order valence-corrected chi connectivity index (χ3v) is 4.54. The Labute approximate surface area is 116 Å². The molecule has 7 nitrogen and oxygen atoms in total. The van der Waals surface area contributed by atoms with Crippen LogP contribution in [0.25, 0.3) is 0 Å². The molecular weight excluding hydrogens is 260 g/mol. The Morgan fingerprint density at radius 1 is 1.40 bits per heavy atom. The van der Waals surface area contributed by atoms with Gasteiger partial charge < -0.3 is 15.7 Å². The average Bonchev–Trinajstić information content (AvgIpc) is 2.37. The topological polar surface area (TPSA) is 91.8 Å². The van der Waals surface area contributed by atoms with Gasteiger partial charge >= 0.3 is 0 Å². The molecule has 1 aliphatic heterocycles. The van der Waals surface area contributed by atoms with Gasteiger partial charge in [-0.05, 0) is 26.2 Å². The number of hydrogen-bond donors (Lipinski definition) is 2. The Bertz CT molecular complexity index is 648. The highest BCUT2D eigenvalue weighted by molar-refractivity contribution is 5.97. The number of pyridine rings is 1. The smallest absolute Gasteiger partial charge is 0.278 e. The average molecular weight is 278 g/mol. The lowest BCUT2D eigenvalue weighted by Gasteiger charge is -2.58. The zero-order chi connectivity index (χ0) is 14.7. The molecule has 20 heavy (non-hydrogen) atoms.